The third-order valence-corrected chi connectivity index (χ3v) is 9.27. The van der Waals surface area contributed by atoms with Gasteiger partial charge in [-0.3, -0.25) is 0 Å². The third kappa shape index (κ3) is 6.17. The summed E-state index contributed by atoms with van der Waals surface area (Å²) in [6, 6.07) is 10.0. The molecule has 4 heteroatoms. The van der Waals surface area contributed by atoms with E-state index in [-0.39, 0.29) is 17.2 Å². The Labute approximate surface area is 148 Å². The van der Waals surface area contributed by atoms with E-state index in [2.05, 4.69) is 33.9 Å². The predicted molar refractivity (Wildman–Crippen MR) is 104 cm³/mol. The first kappa shape index (κ1) is 21.1. The van der Waals surface area contributed by atoms with Gasteiger partial charge in [-0.25, -0.2) is 0 Å². The number of aliphatic hydroxyl groups excluding tert-OH is 1. The number of hydrogen-bond acceptors (Lipinski definition) is 3. The zero-order chi connectivity index (χ0) is 18.4. The summed E-state index contributed by atoms with van der Waals surface area (Å²) in [5.41, 5.74) is 1.10. The van der Waals surface area contributed by atoms with Gasteiger partial charge in [0.05, 0.1) is 18.8 Å². The molecule has 0 spiro atoms. The number of aliphatic hydroxyl groups is 1. The predicted octanol–water partition coefficient (Wildman–Crippen LogP) is 4.92. The lowest BCUT2D eigenvalue weighted by Crippen LogP contribution is -2.49. The molecular weight excluding hydrogens is 316 g/mol. The Balaban J connectivity index is 2.73. The van der Waals surface area contributed by atoms with Crippen LogP contribution in [0, 0.1) is 0 Å². The van der Waals surface area contributed by atoms with Gasteiger partial charge in [-0.15, -0.1) is 0 Å². The lowest BCUT2D eigenvalue weighted by atomic mass is 10.1. The molecule has 1 rings (SSSR count). The van der Waals surface area contributed by atoms with E-state index >= 15 is 0 Å². The van der Waals surface area contributed by atoms with Gasteiger partial charge < -0.3 is 14.3 Å². The molecule has 0 aliphatic carbocycles. The Kier molecular flexibility index (Phi) is 7.87. The minimum absolute atomic E-state index is 0.0979. The summed E-state index contributed by atoms with van der Waals surface area (Å²) in [5, 5.41) is 10.8. The molecule has 0 saturated carbocycles. The maximum atomic E-state index is 10.7. The molecular formula is C20H34O3Si. The fourth-order valence-corrected chi connectivity index (χ4v) is 3.35. The number of ether oxygens (including phenoxy) is 1. The quantitative estimate of drug-likeness (QED) is 0.534. The van der Waals surface area contributed by atoms with E-state index < -0.39 is 14.4 Å². The van der Waals surface area contributed by atoms with Crippen LogP contribution in [0.15, 0.2) is 42.5 Å². The van der Waals surface area contributed by atoms with E-state index in [1.165, 1.54) is 0 Å². The van der Waals surface area contributed by atoms with Crippen molar-refractivity contribution in [3.63, 3.8) is 0 Å². The third-order valence-electron chi connectivity index (χ3n) is 4.79. The highest BCUT2D eigenvalue weighted by Crippen LogP contribution is 2.38. The van der Waals surface area contributed by atoms with Crippen molar-refractivity contribution in [2.45, 2.75) is 77.7 Å². The second-order valence-electron chi connectivity index (χ2n) is 7.86. The van der Waals surface area contributed by atoms with E-state index in [0.717, 1.165) is 5.56 Å². The first-order chi connectivity index (χ1) is 11.1. The van der Waals surface area contributed by atoms with Crippen molar-refractivity contribution >= 4 is 8.32 Å². The molecule has 0 aliphatic heterocycles. The summed E-state index contributed by atoms with van der Waals surface area (Å²) in [4.78, 5) is 0. The molecule has 0 heterocycles. The van der Waals surface area contributed by atoms with Crippen LogP contribution in [0.5, 0.6) is 0 Å². The number of benzene rings is 1. The van der Waals surface area contributed by atoms with Crippen LogP contribution in [0.1, 0.15) is 40.2 Å². The standard InChI is InChI=1S/C20H34O3Si/c1-8-12-18(23-24(6,7)20(3,4)5)19(21)16(2)22-15-17-13-10-9-11-14-17/h8-14,16,18-19,21H,15H2,1-7H3/b12-8+/t16-,18-,19-/m0/s1. The van der Waals surface area contributed by atoms with Gasteiger partial charge in [-0.05, 0) is 37.5 Å². The summed E-state index contributed by atoms with van der Waals surface area (Å²) in [5.74, 6) is 0. The Morgan fingerprint density at radius 1 is 1.17 bits per heavy atom. The van der Waals surface area contributed by atoms with E-state index in [4.69, 9.17) is 9.16 Å². The van der Waals surface area contributed by atoms with Crippen molar-refractivity contribution in [3.8, 4) is 0 Å². The van der Waals surface area contributed by atoms with Crippen molar-refractivity contribution < 1.29 is 14.3 Å². The van der Waals surface area contributed by atoms with Gasteiger partial charge in [-0.1, -0.05) is 63.3 Å². The molecule has 24 heavy (non-hydrogen) atoms. The summed E-state index contributed by atoms with van der Waals surface area (Å²) in [6.45, 7) is 15.3. The normalized spacial score (nSPS) is 17.0. The van der Waals surface area contributed by atoms with Gasteiger partial charge in [0, 0.05) is 0 Å². The van der Waals surface area contributed by atoms with Gasteiger partial charge in [0.2, 0.25) is 0 Å². The zero-order valence-corrected chi connectivity index (χ0v) is 17.2. The minimum Gasteiger partial charge on any atom is -0.408 e. The highest BCUT2D eigenvalue weighted by atomic mass is 28.4. The molecule has 0 amide bonds. The molecule has 3 atom stereocenters. The molecule has 0 bridgehead atoms. The van der Waals surface area contributed by atoms with Crippen molar-refractivity contribution in [1.29, 1.82) is 0 Å². The van der Waals surface area contributed by atoms with Crippen molar-refractivity contribution in [1.82, 2.24) is 0 Å². The van der Waals surface area contributed by atoms with Gasteiger partial charge >= 0.3 is 0 Å². The van der Waals surface area contributed by atoms with Gasteiger partial charge in [0.15, 0.2) is 8.32 Å². The van der Waals surface area contributed by atoms with Crippen LogP contribution in [0.25, 0.3) is 0 Å². The highest BCUT2D eigenvalue weighted by molar-refractivity contribution is 6.74. The average molecular weight is 351 g/mol. The summed E-state index contributed by atoms with van der Waals surface area (Å²) >= 11 is 0. The lowest BCUT2D eigenvalue weighted by molar-refractivity contribution is -0.0709. The molecule has 3 nitrogen and oxygen atoms in total. The van der Waals surface area contributed by atoms with E-state index in [0.29, 0.717) is 6.61 Å². The first-order valence-electron chi connectivity index (χ1n) is 8.72. The molecule has 0 aromatic heterocycles. The van der Waals surface area contributed by atoms with Gasteiger partial charge in [0.25, 0.3) is 0 Å². The first-order valence-corrected chi connectivity index (χ1v) is 11.6. The van der Waals surface area contributed by atoms with Crippen molar-refractivity contribution in [2.75, 3.05) is 0 Å². The van der Waals surface area contributed by atoms with Crippen LogP contribution in [0.3, 0.4) is 0 Å². The Morgan fingerprint density at radius 3 is 2.25 bits per heavy atom. The minimum atomic E-state index is -1.97. The van der Waals surface area contributed by atoms with E-state index in [9.17, 15) is 5.11 Å². The van der Waals surface area contributed by atoms with Crippen LogP contribution in [-0.4, -0.2) is 31.7 Å². The summed E-state index contributed by atoms with van der Waals surface area (Å²) < 4.78 is 12.3. The highest BCUT2D eigenvalue weighted by Gasteiger charge is 2.40. The summed E-state index contributed by atoms with van der Waals surface area (Å²) in [6.07, 6.45) is 2.52. The Bertz CT molecular complexity index is 505. The van der Waals surface area contributed by atoms with Crippen LogP contribution < -0.4 is 0 Å². The fraction of sp³-hybridized carbons (Fsp3) is 0.600. The molecule has 1 aromatic rings. The zero-order valence-electron chi connectivity index (χ0n) is 16.2. The lowest BCUT2D eigenvalue weighted by Gasteiger charge is -2.40. The Morgan fingerprint density at radius 2 is 1.75 bits per heavy atom. The largest absolute Gasteiger partial charge is 0.408 e. The van der Waals surface area contributed by atoms with Gasteiger partial charge in [-0.2, -0.15) is 0 Å². The molecule has 1 N–H and O–H groups in total. The number of rotatable bonds is 8. The molecule has 0 unspecified atom stereocenters. The number of allylic oxidation sites excluding steroid dienone is 1. The van der Waals surface area contributed by atoms with E-state index in [1.54, 1.807) is 0 Å². The van der Waals surface area contributed by atoms with Gasteiger partial charge in [0.1, 0.15) is 6.10 Å². The van der Waals surface area contributed by atoms with E-state index in [1.807, 2.05) is 56.3 Å². The maximum absolute atomic E-state index is 10.7. The molecule has 0 aliphatic rings. The molecule has 0 saturated heterocycles. The molecule has 0 fully saturated rings. The maximum Gasteiger partial charge on any atom is 0.193 e. The van der Waals surface area contributed by atoms with Crippen LogP contribution in [-0.2, 0) is 15.8 Å². The topological polar surface area (TPSA) is 38.7 Å². The monoisotopic (exact) mass is 350 g/mol. The summed E-state index contributed by atoms with van der Waals surface area (Å²) in [7, 11) is -1.97. The second-order valence-corrected chi connectivity index (χ2v) is 12.6. The SMILES string of the molecule is C/C=C/[C@H](O[Si](C)(C)C(C)(C)C)[C@@H](O)[C@H](C)OCc1ccccc1. The Hall–Kier alpha value is -0.943. The molecule has 136 valence electrons. The average Bonchev–Trinajstić information content (AvgIpc) is 2.51. The van der Waals surface area contributed by atoms with Crippen molar-refractivity contribution in [2.24, 2.45) is 0 Å². The fourth-order valence-electron chi connectivity index (χ4n) is 2.10. The molecule has 0 radical (unpaired) electrons. The smallest absolute Gasteiger partial charge is 0.193 e. The van der Waals surface area contributed by atoms with Crippen LogP contribution in [0.4, 0.5) is 0 Å². The number of hydrogen-bond donors (Lipinski definition) is 1. The molecule has 1 aromatic carbocycles. The van der Waals surface area contributed by atoms with Crippen molar-refractivity contribution in [3.05, 3.63) is 48.0 Å². The van der Waals surface area contributed by atoms with Crippen LogP contribution in [0.2, 0.25) is 18.1 Å². The second kappa shape index (κ2) is 8.95. The van der Waals surface area contributed by atoms with Crippen LogP contribution >= 0.6 is 0 Å².